The Kier molecular flexibility index (Phi) is 6.44. The van der Waals surface area contributed by atoms with Gasteiger partial charge in [0, 0.05) is 45.1 Å². The molecule has 2 amide bonds. The molecule has 0 aromatic heterocycles. The number of fused-ring (bicyclic) bond motifs is 1. The first kappa shape index (κ1) is 20.5. The second kappa shape index (κ2) is 8.82. The summed E-state index contributed by atoms with van der Waals surface area (Å²) in [5, 5.41) is 2.89. The maximum atomic E-state index is 12.9. The molecule has 154 valence electrons. The van der Waals surface area contributed by atoms with Crippen LogP contribution < -0.4 is 14.8 Å². The molecule has 1 aromatic carbocycles. The Morgan fingerprint density at radius 1 is 1.11 bits per heavy atom. The largest absolute Gasteiger partial charge is 0.493 e. The van der Waals surface area contributed by atoms with E-state index < -0.39 is 0 Å². The van der Waals surface area contributed by atoms with Gasteiger partial charge in [0.25, 0.3) is 0 Å². The van der Waals surface area contributed by atoms with Crippen molar-refractivity contribution in [1.29, 1.82) is 0 Å². The van der Waals surface area contributed by atoms with Gasteiger partial charge in [-0.15, -0.1) is 0 Å². The molecule has 1 aromatic rings. The van der Waals surface area contributed by atoms with Crippen molar-refractivity contribution in [3.8, 4) is 11.5 Å². The molecule has 0 saturated carbocycles. The van der Waals surface area contributed by atoms with Crippen LogP contribution in [0.3, 0.4) is 0 Å². The van der Waals surface area contributed by atoms with Crippen LogP contribution in [0.4, 0.5) is 0 Å². The van der Waals surface area contributed by atoms with Crippen molar-refractivity contribution in [1.82, 2.24) is 15.1 Å². The van der Waals surface area contributed by atoms with Gasteiger partial charge in [-0.05, 0) is 49.6 Å². The van der Waals surface area contributed by atoms with Crippen molar-refractivity contribution in [3.05, 3.63) is 23.3 Å². The van der Waals surface area contributed by atoms with E-state index in [1.807, 2.05) is 17.0 Å². The van der Waals surface area contributed by atoms with Crippen LogP contribution in [0.1, 0.15) is 37.3 Å². The molecule has 1 saturated heterocycles. The number of nitrogens with zero attached hydrogens (tertiary/aromatic N) is 2. The fraction of sp³-hybridized carbons (Fsp3) is 0.619. The minimum Gasteiger partial charge on any atom is -0.493 e. The van der Waals surface area contributed by atoms with Gasteiger partial charge in [0.05, 0.1) is 14.2 Å². The maximum Gasteiger partial charge on any atom is 0.224 e. The lowest BCUT2D eigenvalue weighted by Gasteiger charge is -2.32. The minimum absolute atomic E-state index is 0.00744. The zero-order chi connectivity index (χ0) is 20.3. The van der Waals surface area contributed by atoms with Crippen molar-refractivity contribution >= 4 is 11.8 Å². The van der Waals surface area contributed by atoms with Gasteiger partial charge in [0.2, 0.25) is 11.8 Å². The summed E-state index contributed by atoms with van der Waals surface area (Å²) in [5.74, 6) is 1.62. The summed E-state index contributed by atoms with van der Waals surface area (Å²) < 4.78 is 10.8. The van der Waals surface area contributed by atoms with E-state index in [4.69, 9.17) is 9.47 Å². The number of likely N-dealkylation sites (tertiary alicyclic amines) is 1. The molecule has 3 rings (SSSR count). The number of hydrogen-bond acceptors (Lipinski definition) is 5. The Morgan fingerprint density at radius 3 is 2.39 bits per heavy atom. The first-order chi connectivity index (χ1) is 13.4. The van der Waals surface area contributed by atoms with E-state index in [9.17, 15) is 9.59 Å². The highest BCUT2D eigenvalue weighted by Crippen LogP contribution is 2.33. The first-order valence-electron chi connectivity index (χ1n) is 9.90. The molecule has 1 N–H and O–H groups in total. The van der Waals surface area contributed by atoms with E-state index in [1.54, 1.807) is 14.2 Å². The summed E-state index contributed by atoms with van der Waals surface area (Å²) in [4.78, 5) is 28.3. The number of nitrogens with one attached hydrogen (secondary N) is 1. The molecule has 0 bridgehead atoms. The normalized spacial score (nSPS) is 21.9. The molecule has 0 unspecified atom stereocenters. The first-order valence-corrected chi connectivity index (χ1v) is 9.90. The van der Waals surface area contributed by atoms with Crippen molar-refractivity contribution < 1.29 is 19.1 Å². The molecular formula is C21H31N3O4. The van der Waals surface area contributed by atoms with Crippen LogP contribution in [-0.4, -0.2) is 68.1 Å². The Bertz CT molecular complexity index is 737. The third-order valence-electron chi connectivity index (χ3n) is 6.05. The van der Waals surface area contributed by atoms with E-state index in [0.717, 1.165) is 37.1 Å². The van der Waals surface area contributed by atoms with Crippen LogP contribution in [0.2, 0.25) is 0 Å². The summed E-state index contributed by atoms with van der Waals surface area (Å²) in [5.41, 5.74) is 2.34. The fourth-order valence-corrected chi connectivity index (χ4v) is 4.27. The number of carbonyl (C=O) groups excluding carboxylic acids is 2. The van der Waals surface area contributed by atoms with Gasteiger partial charge < -0.3 is 19.7 Å². The second-order valence-corrected chi connectivity index (χ2v) is 7.73. The Hall–Kier alpha value is -2.28. The Labute approximate surface area is 167 Å². The summed E-state index contributed by atoms with van der Waals surface area (Å²) in [7, 11) is 5.32. The van der Waals surface area contributed by atoms with Crippen LogP contribution in [0, 0.1) is 0 Å². The summed E-state index contributed by atoms with van der Waals surface area (Å²) in [6.45, 7) is 3.53. The van der Waals surface area contributed by atoms with Gasteiger partial charge >= 0.3 is 0 Å². The standard InChI is InChI=1S/C21H31N3O4/c1-14(25)22-12-18-6-5-17(23(18)2)11-21(26)24-8-7-15-9-19(27-3)20(28-4)10-16(15)13-24/h9-10,17-18H,5-8,11-13H2,1-4H3,(H,22,25)/t17-,18+/m1/s1. The van der Waals surface area contributed by atoms with Gasteiger partial charge in [-0.2, -0.15) is 0 Å². The predicted molar refractivity (Wildman–Crippen MR) is 107 cm³/mol. The molecule has 0 aliphatic carbocycles. The van der Waals surface area contributed by atoms with Gasteiger partial charge in [-0.25, -0.2) is 0 Å². The van der Waals surface area contributed by atoms with E-state index in [1.165, 1.54) is 12.5 Å². The van der Waals surface area contributed by atoms with Gasteiger partial charge in [0.1, 0.15) is 0 Å². The molecule has 2 aliphatic heterocycles. The molecule has 2 heterocycles. The molecule has 0 radical (unpaired) electrons. The summed E-state index contributed by atoms with van der Waals surface area (Å²) in [6, 6.07) is 4.55. The van der Waals surface area contributed by atoms with E-state index >= 15 is 0 Å². The molecule has 2 aliphatic rings. The highest BCUT2D eigenvalue weighted by molar-refractivity contribution is 5.77. The monoisotopic (exact) mass is 389 g/mol. The van der Waals surface area contributed by atoms with Crippen molar-refractivity contribution in [2.24, 2.45) is 0 Å². The Balaban J connectivity index is 1.60. The topological polar surface area (TPSA) is 71.1 Å². The third kappa shape index (κ3) is 4.41. The van der Waals surface area contributed by atoms with Crippen molar-refractivity contribution in [2.45, 2.75) is 51.2 Å². The molecule has 2 atom stereocenters. The van der Waals surface area contributed by atoms with Crippen LogP contribution in [0.15, 0.2) is 12.1 Å². The molecule has 1 fully saturated rings. The highest BCUT2D eigenvalue weighted by Gasteiger charge is 2.33. The van der Waals surface area contributed by atoms with Gasteiger partial charge in [-0.1, -0.05) is 0 Å². The lowest BCUT2D eigenvalue weighted by Crippen LogP contribution is -2.43. The number of amides is 2. The SMILES string of the molecule is COc1cc2c(cc1OC)CN(C(=O)C[C@H]1CC[C@@H](CNC(C)=O)N1C)CC2. The number of ether oxygens (including phenoxy) is 2. The number of carbonyl (C=O) groups is 2. The second-order valence-electron chi connectivity index (χ2n) is 7.73. The quantitative estimate of drug-likeness (QED) is 0.800. The van der Waals surface area contributed by atoms with Gasteiger partial charge in [0.15, 0.2) is 11.5 Å². The number of rotatable bonds is 6. The van der Waals surface area contributed by atoms with E-state index in [0.29, 0.717) is 31.3 Å². The van der Waals surface area contributed by atoms with Crippen LogP contribution in [0.5, 0.6) is 11.5 Å². The average molecular weight is 389 g/mol. The maximum absolute atomic E-state index is 12.9. The van der Waals surface area contributed by atoms with Gasteiger partial charge in [-0.3, -0.25) is 14.5 Å². The Morgan fingerprint density at radius 2 is 1.75 bits per heavy atom. The lowest BCUT2D eigenvalue weighted by molar-refractivity contribution is -0.133. The van der Waals surface area contributed by atoms with Crippen LogP contribution in [0.25, 0.3) is 0 Å². The highest BCUT2D eigenvalue weighted by atomic mass is 16.5. The minimum atomic E-state index is -0.00744. The molecule has 7 nitrogen and oxygen atoms in total. The van der Waals surface area contributed by atoms with Crippen LogP contribution in [-0.2, 0) is 22.6 Å². The fourth-order valence-electron chi connectivity index (χ4n) is 4.27. The molecule has 28 heavy (non-hydrogen) atoms. The smallest absolute Gasteiger partial charge is 0.224 e. The summed E-state index contributed by atoms with van der Waals surface area (Å²) in [6.07, 6.45) is 3.35. The van der Waals surface area contributed by atoms with Crippen molar-refractivity contribution in [3.63, 3.8) is 0 Å². The number of benzene rings is 1. The summed E-state index contributed by atoms with van der Waals surface area (Å²) >= 11 is 0. The van der Waals surface area contributed by atoms with E-state index in [-0.39, 0.29) is 17.9 Å². The molecule has 7 heteroatoms. The number of likely N-dealkylation sites (N-methyl/N-ethyl adjacent to an activating group) is 1. The van der Waals surface area contributed by atoms with E-state index in [2.05, 4.69) is 17.3 Å². The predicted octanol–water partition coefficient (Wildman–Crippen LogP) is 1.58. The molecular weight excluding hydrogens is 358 g/mol. The third-order valence-corrected chi connectivity index (χ3v) is 6.05. The number of methoxy groups -OCH3 is 2. The lowest BCUT2D eigenvalue weighted by atomic mass is 9.98. The van der Waals surface area contributed by atoms with Crippen molar-refractivity contribution in [2.75, 3.05) is 34.4 Å². The zero-order valence-corrected chi connectivity index (χ0v) is 17.3. The molecule has 0 spiro atoms. The number of hydrogen-bond donors (Lipinski definition) is 1. The zero-order valence-electron chi connectivity index (χ0n) is 17.3. The average Bonchev–Trinajstić information content (AvgIpc) is 3.04. The van der Waals surface area contributed by atoms with Crippen LogP contribution >= 0.6 is 0 Å².